The van der Waals surface area contributed by atoms with Gasteiger partial charge in [-0.2, -0.15) is 0 Å². The molecule has 2 nitrogen and oxygen atoms in total. The van der Waals surface area contributed by atoms with Crippen LogP contribution in [0.15, 0.2) is 35.8 Å². The molecule has 0 aliphatic rings. The number of aliphatic hydroxyl groups is 1. The van der Waals surface area contributed by atoms with Crippen molar-refractivity contribution in [1.29, 1.82) is 0 Å². The minimum atomic E-state index is -1.81. The molecule has 0 aliphatic heterocycles. The number of hydrogen-bond donors (Lipinski definition) is 1. The van der Waals surface area contributed by atoms with Gasteiger partial charge in [0.25, 0.3) is 0 Å². The summed E-state index contributed by atoms with van der Waals surface area (Å²) < 4.78 is 12.3. The zero-order valence-electron chi connectivity index (χ0n) is 7.93. The molecule has 2 aromatic heterocycles. The molecule has 2 aromatic rings. The van der Waals surface area contributed by atoms with Gasteiger partial charge >= 0.3 is 0 Å². The lowest BCUT2D eigenvalue weighted by atomic mass is 10.2. The molecule has 1 unspecified atom stereocenters. The maximum Gasteiger partial charge on any atom is 0.200 e. The molecule has 2 heterocycles. The van der Waals surface area contributed by atoms with Crippen LogP contribution in [-0.2, 0) is 6.42 Å². The summed E-state index contributed by atoms with van der Waals surface area (Å²) in [5.41, 5.74) is 1.58. The highest BCUT2D eigenvalue weighted by molar-refractivity contribution is 7.13. The third-order valence-corrected chi connectivity index (χ3v) is 2.89. The predicted molar refractivity (Wildman–Crippen MR) is 58.4 cm³/mol. The Balaban J connectivity index is 2.17. The van der Waals surface area contributed by atoms with E-state index in [0.29, 0.717) is 5.56 Å². The van der Waals surface area contributed by atoms with E-state index in [4.69, 9.17) is 5.11 Å². The Labute approximate surface area is 91.0 Å². The Kier molecular flexibility index (Phi) is 3.08. The van der Waals surface area contributed by atoms with Crippen LogP contribution in [0.1, 0.15) is 5.56 Å². The van der Waals surface area contributed by atoms with Crippen molar-refractivity contribution < 1.29 is 9.50 Å². The highest BCUT2D eigenvalue weighted by Crippen LogP contribution is 2.22. The molecule has 0 spiro atoms. The Bertz CT molecular complexity index is 411. The SMILES string of the molecule is OC(F)Cc1ccc(-c2cccs2)nc1. The summed E-state index contributed by atoms with van der Waals surface area (Å²) in [6.45, 7) is 0. The fourth-order valence-corrected chi connectivity index (χ4v) is 2.01. The van der Waals surface area contributed by atoms with Crippen molar-refractivity contribution in [2.75, 3.05) is 0 Å². The minimum absolute atomic E-state index is 0.00226. The number of aromatic nitrogens is 1. The van der Waals surface area contributed by atoms with E-state index in [2.05, 4.69) is 4.98 Å². The van der Waals surface area contributed by atoms with E-state index in [1.54, 1.807) is 23.6 Å². The first-order valence-electron chi connectivity index (χ1n) is 4.56. The van der Waals surface area contributed by atoms with Gasteiger partial charge in [-0.05, 0) is 23.1 Å². The molecular weight excluding hydrogens is 213 g/mol. The van der Waals surface area contributed by atoms with Crippen LogP contribution >= 0.6 is 11.3 Å². The molecule has 15 heavy (non-hydrogen) atoms. The average Bonchev–Trinajstić information content (AvgIpc) is 2.71. The lowest BCUT2D eigenvalue weighted by Crippen LogP contribution is -2.02. The van der Waals surface area contributed by atoms with Gasteiger partial charge in [0.15, 0.2) is 6.36 Å². The smallest absolute Gasteiger partial charge is 0.200 e. The third-order valence-electron chi connectivity index (χ3n) is 2.00. The van der Waals surface area contributed by atoms with Crippen molar-refractivity contribution >= 4 is 11.3 Å². The van der Waals surface area contributed by atoms with Crippen molar-refractivity contribution in [2.24, 2.45) is 0 Å². The largest absolute Gasteiger partial charge is 0.364 e. The first-order chi connectivity index (χ1) is 7.25. The van der Waals surface area contributed by atoms with Crippen LogP contribution in [0.5, 0.6) is 0 Å². The average molecular weight is 223 g/mol. The van der Waals surface area contributed by atoms with Crippen LogP contribution in [0.3, 0.4) is 0 Å². The monoisotopic (exact) mass is 223 g/mol. The van der Waals surface area contributed by atoms with Gasteiger partial charge < -0.3 is 5.11 Å². The van der Waals surface area contributed by atoms with Crippen LogP contribution in [0, 0.1) is 0 Å². The van der Waals surface area contributed by atoms with Crippen molar-refractivity contribution in [2.45, 2.75) is 12.8 Å². The molecule has 2 rings (SSSR count). The molecule has 0 saturated carbocycles. The van der Waals surface area contributed by atoms with Gasteiger partial charge in [0, 0.05) is 12.6 Å². The molecule has 1 atom stereocenters. The summed E-state index contributed by atoms with van der Waals surface area (Å²) in [5, 5.41) is 10.5. The minimum Gasteiger partial charge on any atom is -0.364 e. The number of hydrogen-bond acceptors (Lipinski definition) is 3. The normalized spacial score (nSPS) is 12.7. The van der Waals surface area contributed by atoms with E-state index >= 15 is 0 Å². The molecule has 0 amide bonds. The van der Waals surface area contributed by atoms with Crippen LogP contribution in [0.25, 0.3) is 10.6 Å². The van der Waals surface area contributed by atoms with Crippen LogP contribution in [0.2, 0.25) is 0 Å². The molecule has 0 aliphatic carbocycles. The van der Waals surface area contributed by atoms with E-state index in [9.17, 15) is 4.39 Å². The number of pyridine rings is 1. The Morgan fingerprint density at radius 3 is 2.80 bits per heavy atom. The lowest BCUT2D eigenvalue weighted by Gasteiger charge is -2.02. The summed E-state index contributed by atoms with van der Waals surface area (Å²) in [6, 6.07) is 7.56. The first kappa shape index (κ1) is 10.3. The zero-order valence-corrected chi connectivity index (χ0v) is 8.75. The Hall–Kier alpha value is -1.26. The number of alkyl halides is 1. The molecular formula is C11H10FNOS. The number of thiophene rings is 1. The quantitative estimate of drug-likeness (QED) is 0.867. The highest BCUT2D eigenvalue weighted by atomic mass is 32.1. The van der Waals surface area contributed by atoms with Gasteiger partial charge in [0.05, 0.1) is 10.6 Å². The van der Waals surface area contributed by atoms with Gasteiger partial charge in [-0.15, -0.1) is 11.3 Å². The highest BCUT2D eigenvalue weighted by Gasteiger charge is 2.04. The molecule has 1 N–H and O–H groups in total. The zero-order chi connectivity index (χ0) is 10.7. The maximum absolute atomic E-state index is 12.3. The van der Waals surface area contributed by atoms with Gasteiger partial charge in [0.1, 0.15) is 0 Å². The topological polar surface area (TPSA) is 33.1 Å². The Morgan fingerprint density at radius 2 is 2.27 bits per heavy atom. The number of halogens is 1. The van der Waals surface area contributed by atoms with Crippen molar-refractivity contribution in [3.8, 4) is 10.6 Å². The second-order valence-electron chi connectivity index (χ2n) is 3.17. The van der Waals surface area contributed by atoms with Crippen LogP contribution in [-0.4, -0.2) is 16.4 Å². The van der Waals surface area contributed by atoms with Crippen LogP contribution in [0.4, 0.5) is 4.39 Å². The van der Waals surface area contributed by atoms with Crippen molar-refractivity contribution in [3.63, 3.8) is 0 Å². The number of aliphatic hydroxyl groups excluding tert-OH is 1. The summed E-state index contributed by atoms with van der Waals surface area (Å²) in [5.74, 6) is 0. The molecule has 0 aromatic carbocycles. The van der Waals surface area contributed by atoms with Gasteiger partial charge in [0.2, 0.25) is 0 Å². The second kappa shape index (κ2) is 4.51. The third kappa shape index (κ3) is 2.61. The summed E-state index contributed by atoms with van der Waals surface area (Å²) in [6.07, 6.45) is -0.213. The molecule has 0 saturated heterocycles. The van der Waals surface area contributed by atoms with Crippen molar-refractivity contribution in [3.05, 3.63) is 41.4 Å². The van der Waals surface area contributed by atoms with E-state index in [-0.39, 0.29) is 6.42 Å². The molecule has 4 heteroatoms. The molecule has 0 fully saturated rings. The fraction of sp³-hybridized carbons (Fsp3) is 0.182. The molecule has 0 radical (unpaired) electrons. The van der Waals surface area contributed by atoms with E-state index < -0.39 is 6.36 Å². The van der Waals surface area contributed by atoms with Gasteiger partial charge in [-0.25, -0.2) is 4.39 Å². The second-order valence-corrected chi connectivity index (χ2v) is 4.12. The van der Waals surface area contributed by atoms with E-state index in [1.165, 1.54) is 0 Å². The van der Waals surface area contributed by atoms with Crippen LogP contribution < -0.4 is 0 Å². The lowest BCUT2D eigenvalue weighted by molar-refractivity contribution is 0.0429. The summed E-state index contributed by atoms with van der Waals surface area (Å²) in [4.78, 5) is 5.29. The molecule has 78 valence electrons. The van der Waals surface area contributed by atoms with E-state index in [0.717, 1.165) is 10.6 Å². The van der Waals surface area contributed by atoms with Gasteiger partial charge in [-0.1, -0.05) is 12.1 Å². The van der Waals surface area contributed by atoms with Gasteiger partial charge in [-0.3, -0.25) is 4.98 Å². The first-order valence-corrected chi connectivity index (χ1v) is 5.44. The fourth-order valence-electron chi connectivity index (χ4n) is 1.31. The number of nitrogens with zero attached hydrogens (tertiary/aromatic N) is 1. The number of rotatable bonds is 3. The summed E-state index contributed by atoms with van der Waals surface area (Å²) in [7, 11) is 0. The maximum atomic E-state index is 12.3. The predicted octanol–water partition coefficient (Wildman–Crippen LogP) is 2.64. The van der Waals surface area contributed by atoms with E-state index in [1.807, 2.05) is 23.6 Å². The summed E-state index contributed by atoms with van der Waals surface area (Å²) >= 11 is 1.61. The molecule has 0 bridgehead atoms. The standard InChI is InChI=1S/C11H10FNOS/c12-11(14)6-8-3-4-9(13-7-8)10-2-1-5-15-10/h1-5,7,11,14H,6H2. The Morgan fingerprint density at radius 1 is 1.40 bits per heavy atom. The van der Waals surface area contributed by atoms with Crippen molar-refractivity contribution in [1.82, 2.24) is 4.98 Å².